The molecule has 0 spiro atoms. The summed E-state index contributed by atoms with van der Waals surface area (Å²) in [5, 5.41) is 8.86. The quantitative estimate of drug-likeness (QED) is 0.656. The van der Waals surface area contributed by atoms with Crippen LogP contribution in [0.3, 0.4) is 0 Å². The molecule has 142 valence electrons. The van der Waals surface area contributed by atoms with Crippen LogP contribution in [0.2, 0.25) is 0 Å². The van der Waals surface area contributed by atoms with Crippen molar-refractivity contribution >= 4 is 23.5 Å². The number of amides is 2. The molecule has 1 aliphatic heterocycles. The predicted molar refractivity (Wildman–Crippen MR) is 99.4 cm³/mol. The smallest absolute Gasteiger partial charge is 0.307 e. The Morgan fingerprint density at radius 2 is 2.11 bits per heavy atom. The Bertz CT molecular complexity index is 751. The third-order valence-corrected chi connectivity index (χ3v) is 4.45. The zero-order valence-electron chi connectivity index (χ0n) is 15.4. The van der Waals surface area contributed by atoms with E-state index in [4.69, 9.17) is 10.00 Å². The second-order valence-electron chi connectivity index (χ2n) is 6.16. The van der Waals surface area contributed by atoms with Gasteiger partial charge in [-0.15, -0.1) is 0 Å². The highest BCUT2D eigenvalue weighted by Gasteiger charge is 2.34. The molecule has 27 heavy (non-hydrogen) atoms. The summed E-state index contributed by atoms with van der Waals surface area (Å²) in [7, 11) is 0. The fourth-order valence-corrected chi connectivity index (χ4v) is 2.99. The van der Waals surface area contributed by atoms with E-state index in [-0.39, 0.29) is 37.2 Å². The number of esters is 1. The van der Waals surface area contributed by atoms with E-state index in [0.29, 0.717) is 25.1 Å². The van der Waals surface area contributed by atoms with Crippen LogP contribution in [-0.2, 0) is 19.1 Å². The van der Waals surface area contributed by atoms with Gasteiger partial charge in [-0.1, -0.05) is 6.58 Å². The molecule has 1 aromatic carbocycles. The third kappa shape index (κ3) is 5.17. The molecule has 2 rings (SSSR count). The largest absolute Gasteiger partial charge is 0.466 e. The molecule has 7 heteroatoms. The van der Waals surface area contributed by atoms with E-state index in [1.165, 1.54) is 11.1 Å². The van der Waals surface area contributed by atoms with Crippen LogP contribution in [0.5, 0.6) is 0 Å². The van der Waals surface area contributed by atoms with Gasteiger partial charge in [0.05, 0.1) is 24.7 Å². The van der Waals surface area contributed by atoms with E-state index in [1.54, 1.807) is 36.1 Å². The van der Waals surface area contributed by atoms with Gasteiger partial charge >= 0.3 is 5.97 Å². The zero-order chi connectivity index (χ0) is 19.8. The Morgan fingerprint density at radius 3 is 2.70 bits per heavy atom. The number of ether oxygens (including phenoxy) is 1. The zero-order valence-corrected chi connectivity index (χ0v) is 15.4. The summed E-state index contributed by atoms with van der Waals surface area (Å²) in [6.07, 6.45) is 2.11. The second kappa shape index (κ2) is 9.53. The van der Waals surface area contributed by atoms with E-state index in [9.17, 15) is 14.4 Å². The van der Waals surface area contributed by atoms with Gasteiger partial charge in [0, 0.05) is 31.1 Å². The summed E-state index contributed by atoms with van der Waals surface area (Å²) in [6.45, 7) is 6.34. The van der Waals surface area contributed by atoms with Gasteiger partial charge in [0.1, 0.15) is 0 Å². The predicted octanol–water partition coefficient (Wildman–Crippen LogP) is 2.23. The van der Waals surface area contributed by atoms with Gasteiger partial charge < -0.3 is 14.5 Å². The van der Waals surface area contributed by atoms with Crippen molar-refractivity contribution in [1.82, 2.24) is 4.90 Å². The van der Waals surface area contributed by atoms with Crippen LogP contribution >= 0.6 is 0 Å². The molecule has 0 saturated carbocycles. The lowest BCUT2D eigenvalue weighted by Gasteiger charge is -2.20. The number of carbonyl (C=O) groups is 3. The van der Waals surface area contributed by atoms with Gasteiger partial charge in [-0.25, -0.2) is 0 Å². The lowest BCUT2D eigenvalue weighted by Crippen LogP contribution is -2.32. The molecular weight excluding hydrogens is 346 g/mol. The van der Waals surface area contributed by atoms with Crippen LogP contribution in [0.4, 0.5) is 5.69 Å². The molecule has 1 aromatic rings. The third-order valence-electron chi connectivity index (χ3n) is 4.45. The molecular formula is C20H23N3O4. The van der Waals surface area contributed by atoms with Crippen LogP contribution in [0, 0.1) is 17.2 Å². The highest BCUT2D eigenvalue weighted by atomic mass is 16.5. The number of benzene rings is 1. The topological polar surface area (TPSA) is 90.7 Å². The maximum Gasteiger partial charge on any atom is 0.307 e. The van der Waals surface area contributed by atoms with Crippen molar-refractivity contribution in [2.45, 2.75) is 26.2 Å². The van der Waals surface area contributed by atoms with Gasteiger partial charge in [-0.3, -0.25) is 14.4 Å². The maximum atomic E-state index is 12.6. The Balaban J connectivity index is 1.93. The SMILES string of the molecule is C=CN(CCC(=O)OCC)C(=O)CC1CCN(c2ccc(C#N)cc2)C1=O. The average Bonchev–Trinajstić information content (AvgIpc) is 3.03. The number of carbonyl (C=O) groups excluding carboxylic acids is 3. The van der Waals surface area contributed by atoms with Crippen molar-refractivity contribution < 1.29 is 19.1 Å². The van der Waals surface area contributed by atoms with Crippen molar-refractivity contribution in [3.63, 3.8) is 0 Å². The first-order chi connectivity index (χ1) is 13.0. The van der Waals surface area contributed by atoms with Crippen LogP contribution in [0.25, 0.3) is 0 Å². The number of hydrogen-bond donors (Lipinski definition) is 0. The van der Waals surface area contributed by atoms with Crippen LogP contribution < -0.4 is 4.90 Å². The summed E-state index contributed by atoms with van der Waals surface area (Å²) in [5.74, 6) is -1.13. The fraction of sp³-hybridized carbons (Fsp3) is 0.400. The lowest BCUT2D eigenvalue weighted by molar-refractivity contribution is -0.144. The first kappa shape index (κ1) is 20.2. The van der Waals surface area contributed by atoms with E-state index >= 15 is 0 Å². The van der Waals surface area contributed by atoms with Gasteiger partial charge in [0.15, 0.2) is 0 Å². The molecule has 0 radical (unpaired) electrons. The minimum Gasteiger partial charge on any atom is -0.466 e. The lowest BCUT2D eigenvalue weighted by atomic mass is 10.0. The van der Waals surface area contributed by atoms with Crippen molar-refractivity contribution in [1.29, 1.82) is 5.26 Å². The van der Waals surface area contributed by atoms with Crippen LogP contribution in [-0.4, -0.2) is 42.4 Å². The summed E-state index contributed by atoms with van der Waals surface area (Å²) >= 11 is 0. The van der Waals surface area contributed by atoms with E-state index < -0.39 is 5.92 Å². The summed E-state index contributed by atoms with van der Waals surface area (Å²) in [6, 6.07) is 8.83. The van der Waals surface area contributed by atoms with Crippen molar-refractivity contribution in [3.05, 3.63) is 42.6 Å². The fourth-order valence-electron chi connectivity index (χ4n) is 2.99. The molecule has 7 nitrogen and oxygen atoms in total. The molecule has 0 aliphatic carbocycles. The monoisotopic (exact) mass is 369 g/mol. The number of anilines is 1. The first-order valence-corrected chi connectivity index (χ1v) is 8.89. The molecule has 0 aromatic heterocycles. The number of nitriles is 1. The molecule has 0 bridgehead atoms. The minimum atomic E-state index is -0.404. The van der Waals surface area contributed by atoms with E-state index in [2.05, 4.69) is 6.58 Å². The van der Waals surface area contributed by atoms with Crippen molar-refractivity contribution in [2.75, 3.05) is 24.6 Å². The summed E-state index contributed by atoms with van der Waals surface area (Å²) in [5.41, 5.74) is 1.25. The standard InChI is InChI=1S/C20H23N3O4/c1-3-22(11-10-19(25)27-4-2)18(24)13-16-9-12-23(20(16)26)17-7-5-15(14-21)6-8-17/h3,5-8,16H,1,4,9-13H2,2H3. The second-order valence-corrected chi connectivity index (χ2v) is 6.16. The molecule has 1 saturated heterocycles. The van der Waals surface area contributed by atoms with Gasteiger partial charge in [-0.05, 0) is 43.8 Å². The molecule has 1 heterocycles. The normalized spacial score (nSPS) is 15.9. The molecule has 1 unspecified atom stereocenters. The van der Waals surface area contributed by atoms with Crippen molar-refractivity contribution in [3.8, 4) is 6.07 Å². The van der Waals surface area contributed by atoms with Crippen LogP contribution in [0.15, 0.2) is 37.0 Å². The Hall–Kier alpha value is -3.14. The molecule has 2 amide bonds. The van der Waals surface area contributed by atoms with Gasteiger partial charge in [0.25, 0.3) is 0 Å². The molecule has 1 aliphatic rings. The summed E-state index contributed by atoms with van der Waals surface area (Å²) in [4.78, 5) is 39.6. The average molecular weight is 369 g/mol. The van der Waals surface area contributed by atoms with Crippen molar-refractivity contribution in [2.24, 2.45) is 5.92 Å². The van der Waals surface area contributed by atoms with Gasteiger partial charge in [-0.2, -0.15) is 5.26 Å². The molecule has 1 atom stereocenters. The number of rotatable bonds is 8. The van der Waals surface area contributed by atoms with Crippen LogP contribution in [0.1, 0.15) is 31.7 Å². The Kier molecular flexibility index (Phi) is 7.12. The molecule has 0 N–H and O–H groups in total. The maximum absolute atomic E-state index is 12.6. The Labute approximate surface area is 158 Å². The van der Waals surface area contributed by atoms with Gasteiger partial charge in [0.2, 0.25) is 11.8 Å². The minimum absolute atomic E-state index is 0.0699. The van der Waals surface area contributed by atoms with E-state index in [0.717, 1.165) is 5.69 Å². The first-order valence-electron chi connectivity index (χ1n) is 8.89. The van der Waals surface area contributed by atoms with E-state index in [1.807, 2.05) is 6.07 Å². The highest BCUT2D eigenvalue weighted by molar-refractivity contribution is 5.99. The highest BCUT2D eigenvalue weighted by Crippen LogP contribution is 2.28. The number of nitrogens with zero attached hydrogens (tertiary/aromatic N) is 3. The number of hydrogen-bond acceptors (Lipinski definition) is 5. The Morgan fingerprint density at radius 1 is 1.41 bits per heavy atom. The molecule has 1 fully saturated rings. The summed E-state index contributed by atoms with van der Waals surface area (Å²) < 4.78 is 4.85.